The summed E-state index contributed by atoms with van der Waals surface area (Å²) in [5.74, 6) is -2.36. The minimum Gasteiger partial charge on any atom is -0.368 e. The number of rotatable bonds is 4. The predicted molar refractivity (Wildman–Crippen MR) is 80.8 cm³/mol. The molecule has 0 spiro atoms. The van der Waals surface area contributed by atoms with Crippen molar-refractivity contribution in [3.05, 3.63) is 41.2 Å². The topological polar surface area (TPSA) is 97.0 Å². The molecule has 0 fully saturated rings. The maximum absolute atomic E-state index is 13.7. The molecular formula is C14H16F2N6O. The maximum Gasteiger partial charge on any atom is 0.289 e. The van der Waals surface area contributed by atoms with E-state index in [2.05, 4.69) is 20.3 Å². The van der Waals surface area contributed by atoms with Crippen LogP contribution in [0, 0.1) is 11.6 Å². The number of hydrogen-bond acceptors (Lipinski definition) is 6. The molecule has 1 unspecified atom stereocenters. The lowest BCUT2D eigenvalue weighted by Gasteiger charge is -2.16. The summed E-state index contributed by atoms with van der Waals surface area (Å²) in [6.45, 7) is 1.46. The number of hydrogen-bond donors (Lipinski definition) is 2. The summed E-state index contributed by atoms with van der Waals surface area (Å²) in [5, 5.41) is 2.44. The van der Waals surface area contributed by atoms with Gasteiger partial charge >= 0.3 is 0 Å². The van der Waals surface area contributed by atoms with Crippen molar-refractivity contribution in [2.75, 3.05) is 24.7 Å². The Hall–Kier alpha value is -2.84. The van der Waals surface area contributed by atoms with Gasteiger partial charge in [0.1, 0.15) is 11.6 Å². The molecule has 2 rings (SSSR count). The molecule has 0 bridgehead atoms. The molecule has 1 heterocycles. The van der Waals surface area contributed by atoms with Gasteiger partial charge in [0.25, 0.3) is 5.91 Å². The lowest BCUT2D eigenvalue weighted by molar-refractivity contribution is 0.0928. The summed E-state index contributed by atoms with van der Waals surface area (Å²) in [5.41, 5.74) is 5.30. The lowest BCUT2D eigenvalue weighted by atomic mass is 10.1. The second-order valence-corrected chi connectivity index (χ2v) is 5.04. The fourth-order valence-corrected chi connectivity index (χ4v) is 1.94. The Morgan fingerprint density at radius 3 is 2.39 bits per heavy atom. The highest BCUT2D eigenvalue weighted by Crippen LogP contribution is 2.20. The number of nitrogens with two attached hydrogens (primary N) is 1. The molecule has 0 aliphatic heterocycles. The predicted octanol–water partition coefficient (Wildman–Crippen LogP) is 1.29. The number of halogens is 2. The van der Waals surface area contributed by atoms with Crippen LogP contribution in [0.15, 0.2) is 18.2 Å². The highest BCUT2D eigenvalue weighted by Gasteiger charge is 2.21. The fraction of sp³-hybridized carbons (Fsp3) is 0.286. The number of aromatic nitrogens is 3. The highest BCUT2D eigenvalue weighted by atomic mass is 19.1. The first-order valence-corrected chi connectivity index (χ1v) is 6.73. The standard InChI is InChI=1S/C14H16F2N6O/c1-7(10-8(15)5-4-6-9(10)16)18-12(23)11-19-13(17)21-14(20-11)22(2)3/h4-7H,1-3H3,(H,18,23)(H2,17,19,20,21). The van der Waals surface area contributed by atoms with Gasteiger partial charge in [-0.2, -0.15) is 15.0 Å². The zero-order valence-corrected chi connectivity index (χ0v) is 12.8. The van der Waals surface area contributed by atoms with Crippen molar-refractivity contribution in [2.24, 2.45) is 0 Å². The van der Waals surface area contributed by atoms with Crippen molar-refractivity contribution in [2.45, 2.75) is 13.0 Å². The largest absolute Gasteiger partial charge is 0.368 e. The third kappa shape index (κ3) is 3.68. The smallest absolute Gasteiger partial charge is 0.289 e. The number of anilines is 2. The van der Waals surface area contributed by atoms with E-state index in [1.54, 1.807) is 19.0 Å². The van der Waals surface area contributed by atoms with E-state index >= 15 is 0 Å². The van der Waals surface area contributed by atoms with Crippen molar-refractivity contribution < 1.29 is 13.6 Å². The SMILES string of the molecule is CC(NC(=O)c1nc(N)nc(N(C)C)n1)c1c(F)cccc1F. The summed E-state index contributed by atoms with van der Waals surface area (Å²) < 4.78 is 27.5. The summed E-state index contributed by atoms with van der Waals surface area (Å²) in [4.78, 5) is 25.3. The number of nitrogen functional groups attached to an aromatic ring is 1. The minimum atomic E-state index is -0.913. The van der Waals surface area contributed by atoms with E-state index in [1.807, 2.05) is 0 Å². The summed E-state index contributed by atoms with van der Waals surface area (Å²) in [7, 11) is 3.35. The lowest BCUT2D eigenvalue weighted by Crippen LogP contribution is -2.30. The second kappa shape index (κ2) is 6.51. The Bertz CT molecular complexity index is 717. The molecule has 0 aliphatic carbocycles. The van der Waals surface area contributed by atoms with Crippen LogP contribution < -0.4 is 16.0 Å². The van der Waals surface area contributed by atoms with E-state index in [-0.39, 0.29) is 23.3 Å². The molecule has 3 N–H and O–H groups in total. The first-order chi connectivity index (χ1) is 10.8. The fourth-order valence-electron chi connectivity index (χ4n) is 1.94. The van der Waals surface area contributed by atoms with Crippen LogP contribution in [-0.2, 0) is 0 Å². The first kappa shape index (κ1) is 16.5. The summed E-state index contributed by atoms with van der Waals surface area (Å²) in [6.07, 6.45) is 0. The minimum absolute atomic E-state index is 0.126. The highest BCUT2D eigenvalue weighted by molar-refractivity contribution is 5.91. The van der Waals surface area contributed by atoms with Crippen molar-refractivity contribution in [1.29, 1.82) is 0 Å². The normalized spacial score (nSPS) is 11.9. The molecule has 2 aromatic rings. The molecule has 0 aliphatic rings. The van der Waals surface area contributed by atoms with E-state index in [0.717, 1.165) is 12.1 Å². The van der Waals surface area contributed by atoms with Gasteiger partial charge in [-0.3, -0.25) is 4.79 Å². The second-order valence-electron chi connectivity index (χ2n) is 5.04. The number of nitrogens with zero attached hydrogens (tertiary/aromatic N) is 4. The molecule has 0 saturated heterocycles. The van der Waals surface area contributed by atoms with Crippen molar-refractivity contribution in [1.82, 2.24) is 20.3 Å². The van der Waals surface area contributed by atoms with Gasteiger partial charge in [-0.05, 0) is 19.1 Å². The summed E-state index contributed by atoms with van der Waals surface area (Å²) in [6, 6.07) is 2.57. The molecule has 1 atom stereocenters. The van der Waals surface area contributed by atoms with E-state index in [9.17, 15) is 13.6 Å². The van der Waals surface area contributed by atoms with Crippen molar-refractivity contribution in [3.63, 3.8) is 0 Å². The molecule has 122 valence electrons. The number of benzene rings is 1. The third-order valence-electron chi connectivity index (χ3n) is 3.02. The van der Waals surface area contributed by atoms with Gasteiger partial charge in [-0.25, -0.2) is 8.78 Å². The van der Waals surface area contributed by atoms with E-state index < -0.39 is 23.6 Å². The van der Waals surface area contributed by atoms with Gasteiger partial charge in [0.15, 0.2) is 0 Å². The zero-order chi connectivity index (χ0) is 17.1. The van der Waals surface area contributed by atoms with Gasteiger partial charge < -0.3 is 16.0 Å². The number of carbonyl (C=O) groups is 1. The number of nitrogens with one attached hydrogen (secondary N) is 1. The van der Waals surface area contributed by atoms with Crippen LogP contribution in [0.25, 0.3) is 0 Å². The van der Waals surface area contributed by atoms with Gasteiger partial charge in [0, 0.05) is 19.7 Å². The van der Waals surface area contributed by atoms with E-state index in [0.29, 0.717) is 0 Å². The average molecular weight is 322 g/mol. The molecule has 1 amide bonds. The van der Waals surface area contributed by atoms with Gasteiger partial charge in [-0.15, -0.1) is 0 Å². The Labute approximate surface area is 131 Å². The van der Waals surface area contributed by atoms with Crippen LogP contribution >= 0.6 is 0 Å². The van der Waals surface area contributed by atoms with Crippen molar-refractivity contribution >= 4 is 17.8 Å². The van der Waals surface area contributed by atoms with Crippen LogP contribution in [-0.4, -0.2) is 35.0 Å². The van der Waals surface area contributed by atoms with Gasteiger partial charge in [0.2, 0.25) is 17.7 Å². The zero-order valence-electron chi connectivity index (χ0n) is 12.8. The number of carbonyl (C=O) groups excluding carboxylic acids is 1. The summed E-state index contributed by atoms with van der Waals surface area (Å²) >= 11 is 0. The van der Waals surface area contributed by atoms with E-state index in [4.69, 9.17) is 5.73 Å². The quantitative estimate of drug-likeness (QED) is 0.880. The Kier molecular flexibility index (Phi) is 4.68. The molecule has 1 aromatic heterocycles. The van der Waals surface area contributed by atoms with Crippen LogP contribution in [0.3, 0.4) is 0 Å². The first-order valence-electron chi connectivity index (χ1n) is 6.73. The maximum atomic E-state index is 13.7. The molecule has 1 aromatic carbocycles. The monoisotopic (exact) mass is 322 g/mol. The third-order valence-corrected chi connectivity index (χ3v) is 3.02. The Balaban J connectivity index is 2.25. The molecule has 23 heavy (non-hydrogen) atoms. The Morgan fingerprint density at radius 2 is 1.83 bits per heavy atom. The Morgan fingerprint density at radius 1 is 1.22 bits per heavy atom. The van der Waals surface area contributed by atoms with Crippen LogP contribution in [0.4, 0.5) is 20.7 Å². The molecule has 7 nitrogen and oxygen atoms in total. The van der Waals surface area contributed by atoms with Crippen LogP contribution in [0.1, 0.15) is 29.1 Å². The van der Waals surface area contributed by atoms with Crippen LogP contribution in [0.2, 0.25) is 0 Å². The van der Waals surface area contributed by atoms with E-state index in [1.165, 1.54) is 13.0 Å². The molecule has 9 heteroatoms. The van der Waals surface area contributed by atoms with Gasteiger partial charge in [-0.1, -0.05) is 6.07 Å². The average Bonchev–Trinajstić information content (AvgIpc) is 2.46. The van der Waals surface area contributed by atoms with Crippen LogP contribution in [0.5, 0.6) is 0 Å². The van der Waals surface area contributed by atoms with Gasteiger partial charge in [0.05, 0.1) is 6.04 Å². The van der Waals surface area contributed by atoms with Crippen molar-refractivity contribution in [3.8, 4) is 0 Å². The number of amides is 1. The molecule has 0 saturated carbocycles. The molecular weight excluding hydrogens is 306 g/mol. The molecule has 0 radical (unpaired) electrons.